The molecule has 0 saturated carbocycles. The summed E-state index contributed by atoms with van der Waals surface area (Å²) in [6.07, 6.45) is 1.55. The first-order chi connectivity index (χ1) is 14.5. The van der Waals surface area contributed by atoms with Gasteiger partial charge in [-0.2, -0.15) is 0 Å². The lowest BCUT2D eigenvalue weighted by Crippen LogP contribution is -2.30. The number of carbonyl (C=O) groups is 1. The molecule has 2 aromatic carbocycles. The number of hydrogen-bond donors (Lipinski definition) is 1. The standard InChI is InChI=1S/C23H23N3O4/c1-15-12-23(28)30-20-13-16(9-10-17(15)20)29-14-22(27)24-11-5-8-21-25-18-6-3-4-7-19(18)26(21)2/h3-4,6-7,9-10,12-13H,5,8,11,14H2,1-2H3,(H,24,27). The molecule has 0 aliphatic heterocycles. The molecule has 2 heterocycles. The average Bonchev–Trinajstić information content (AvgIpc) is 3.05. The van der Waals surface area contributed by atoms with E-state index in [-0.39, 0.29) is 12.5 Å². The minimum atomic E-state index is -0.407. The molecule has 7 heteroatoms. The highest BCUT2D eigenvalue weighted by Gasteiger charge is 2.08. The van der Waals surface area contributed by atoms with E-state index in [0.29, 0.717) is 17.9 Å². The third-order valence-corrected chi connectivity index (χ3v) is 5.07. The Hall–Kier alpha value is -3.61. The Kier molecular flexibility index (Phi) is 5.52. The SMILES string of the molecule is Cc1cc(=O)oc2cc(OCC(=O)NCCCc3nc4ccccc4n3C)ccc12. The number of fused-ring (bicyclic) bond motifs is 2. The van der Waals surface area contributed by atoms with Crippen LogP contribution in [0.3, 0.4) is 0 Å². The van der Waals surface area contributed by atoms with Gasteiger partial charge in [0.1, 0.15) is 17.2 Å². The van der Waals surface area contributed by atoms with Gasteiger partial charge in [0.2, 0.25) is 0 Å². The van der Waals surface area contributed by atoms with E-state index in [4.69, 9.17) is 9.15 Å². The highest BCUT2D eigenvalue weighted by molar-refractivity contribution is 5.81. The van der Waals surface area contributed by atoms with Crippen LogP contribution in [0.15, 0.2) is 57.7 Å². The van der Waals surface area contributed by atoms with Gasteiger partial charge in [-0.05, 0) is 43.2 Å². The van der Waals surface area contributed by atoms with Crippen molar-refractivity contribution in [2.45, 2.75) is 19.8 Å². The Morgan fingerprint density at radius 2 is 2.03 bits per heavy atom. The van der Waals surface area contributed by atoms with Crippen molar-refractivity contribution in [3.05, 3.63) is 70.3 Å². The van der Waals surface area contributed by atoms with Crippen molar-refractivity contribution in [3.8, 4) is 5.75 Å². The van der Waals surface area contributed by atoms with Gasteiger partial charge in [0, 0.05) is 37.5 Å². The third kappa shape index (κ3) is 4.20. The van der Waals surface area contributed by atoms with E-state index in [1.54, 1.807) is 12.1 Å². The lowest BCUT2D eigenvalue weighted by Gasteiger charge is -2.08. The van der Waals surface area contributed by atoms with Crippen LogP contribution in [0.2, 0.25) is 0 Å². The first-order valence-electron chi connectivity index (χ1n) is 9.85. The molecule has 4 rings (SSSR count). The molecule has 0 fully saturated rings. The van der Waals surface area contributed by atoms with Crippen LogP contribution in [-0.2, 0) is 18.3 Å². The van der Waals surface area contributed by atoms with Crippen LogP contribution >= 0.6 is 0 Å². The second-order valence-corrected chi connectivity index (χ2v) is 7.22. The molecule has 4 aromatic rings. The number of benzene rings is 2. The van der Waals surface area contributed by atoms with Gasteiger partial charge in [-0.1, -0.05) is 12.1 Å². The molecule has 154 valence electrons. The number of aromatic nitrogens is 2. The summed E-state index contributed by atoms with van der Waals surface area (Å²) in [6.45, 7) is 2.28. The van der Waals surface area contributed by atoms with Crippen LogP contribution in [0.1, 0.15) is 17.8 Å². The van der Waals surface area contributed by atoms with Crippen LogP contribution in [-0.4, -0.2) is 28.6 Å². The van der Waals surface area contributed by atoms with E-state index in [2.05, 4.69) is 14.9 Å². The van der Waals surface area contributed by atoms with Gasteiger partial charge < -0.3 is 19.0 Å². The van der Waals surface area contributed by atoms with Gasteiger partial charge >= 0.3 is 5.63 Å². The smallest absolute Gasteiger partial charge is 0.336 e. The molecule has 0 radical (unpaired) electrons. The number of para-hydroxylation sites is 2. The van der Waals surface area contributed by atoms with Crippen molar-refractivity contribution >= 4 is 27.9 Å². The van der Waals surface area contributed by atoms with E-state index in [0.717, 1.165) is 40.6 Å². The zero-order chi connectivity index (χ0) is 21.1. The summed E-state index contributed by atoms with van der Waals surface area (Å²) >= 11 is 0. The van der Waals surface area contributed by atoms with Gasteiger partial charge in [-0.15, -0.1) is 0 Å². The molecule has 1 N–H and O–H groups in total. The summed E-state index contributed by atoms with van der Waals surface area (Å²) in [6, 6.07) is 14.7. The largest absolute Gasteiger partial charge is 0.484 e. The average molecular weight is 405 g/mol. The van der Waals surface area contributed by atoms with Gasteiger partial charge in [0.05, 0.1) is 11.0 Å². The molecule has 0 unspecified atom stereocenters. The van der Waals surface area contributed by atoms with Crippen LogP contribution in [0.5, 0.6) is 5.75 Å². The predicted octanol–water partition coefficient (Wildman–Crippen LogP) is 3.12. The first kappa shape index (κ1) is 19.7. The molecule has 2 aromatic heterocycles. The molecule has 0 spiro atoms. The van der Waals surface area contributed by atoms with Crippen LogP contribution in [0.25, 0.3) is 22.0 Å². The monoisotopic (exact) mass is 405 g/mol. The molecule has 0 aliphatic rings. The minimum absolute atomic E-state index is 0.103. The number of carbonyl (C=O) groups excluding carboxylic acids is 1. The second kappa shape index (κ2) is 8.41. The summed E-state index contributed by atoms with van der Waals surface area (Å²) in [5, 5.41) is 3.70. The van der Waals surface area contributed by atoms with Gasteiger partial charge in [0.25, 0.3) is 5.91 Å². The molecular formula is C23H23N3O4. The Labute approximate surface area is 173 Å². The highest BCUT2D eigenvalue weighted by atomic mass is 16.5. The lowest BCUT2D eigenvalue weighted by atomic mass is 10.1. The number of amides is 1. The molecule has 0 atom stereocenters. The van der Waals surface area contributed by atoms with Crippen molar-refractivity contribution in [2.75, 3.05) is 13.2 Å². The van der Waals surface area contributed by atoms with Gasteiger partial charge in [0.15, 0.2) is 6.61 Å². The number of nitrogens with one attached hydrogen (secondary N) is 1. The number of imidazole rings is 1. The summed E-state index contributed by atoms with van der Waals surface area (Å²) in [5.74, 6) is 1.27. The first-order valence-corrected chi connectivity index (χ1v) is 9.85. The maximum atomic E-state index is 12.1. The maximum absolute atomic E-state index is 12.1. The van der Waals surface area contributed by atoms with Crippen LogP contribution in [0, 0.1) is 6.92 Å². The van der Waals surface area contributed by atoms with Crippen molar-refractivity contribution in [2.24, 2.45) is 7.05 Å². The molecule has 1 amide bonds. The fourth-order valence-corrected chi connectivity index (χ4v) is 3.49. The molecule has 7 nitrogen and oxygen atoms in total. The molecular weight excluding hydrogens is 382 g/mol. The van der Waals surface area contributed by atoms with E-state index in [1.807, 2.05) is 44.3 Å². The quantitative estimate of drug-likeness (QED) is 0.377. The topological polar surface area (TPSA) is 86.4 Å². The van der Waals surface area contributed by atoms with E-state index < -0.39 is 5.63 Å². The number of rotatable bonds is 7. The van der Waals surface area contributed by atoms with Crippen molar-refractivity contribution < 1.29 is 13.9 Å². The van der Waals surface area contributed by atoms with E-state index >= 15 is 0 Å². The zero-order valence-corrected chi connectivity index (χ0v) is 17.0. The maximum Gasteiger partial charge on any atom is 0.336 e. The Morgan fingerprint density at radius 3 is 2.87 bits per heavy atom. The predicted molar refractivity (Wildman–Crippen MR) is 115 cm³/mol. The number of aryl methyl sites for hydroxylation is 3. The van der Waals surface area contributed by atoms with E-state index in [9.17, 15) is 9.59 Å². The number of ether oxygens (including phenoxy) is 1. The fourth-order valence-electron chi connectivity index (χ4n) is 3.49. The van der Waals surface area contributed by atoms with Crippen LogP contribution < -0.4 is 15.7 Å². The van der Waals surface area contributed by atoms with Crippen molar-refractivity contribution in [3.63, 3.8) is 0 Å². The van der Waals surface area contributed by atoms with Gasteiger partial charge in [-0.3, -0.25) is 4.79 Å². The zero-order valence-electron chi connectivity index (χ0n) is 17.0. The summed E-state index contributed by atoms with van der Waals surface area (Å²) in [7, 11) is 2.00. The van der Waals surface area contributed by atoms with Crippen molar-refractivity contribution in [1.29, 1.82) is 0 Å². The summed E-state index contributed by atoms with van der Waals surface area (Å²) in [5.41, 5.74) is 2.96. The molecule has 0 aliphatic carbocycles. The lowest BCUT2D eigenvalue weighted by molar-refractivity contribution is -0.123. The molecule has 0 saturated heterocycles. The fraction of sp³-hybridized carbons (Fsp3) is 0.261. The molecule has 30 heavy (non-hydrogen) atoms. The Balaban J connectivity index is 1.26. The van der Waals surface area contributed by atoms with Gasteiger partial charge in [-0.25, -0.2) is 9.78 Å². The third-order valence-electron chi connectivity index (χ3n) is 5.07. The van der Waals surface area contributed by atoms with Crippen molar-refractivity contribution in [1.82, 2.24) is 14.9 Å². The van der Waals surface area contributed by atoms with Crippen LogP contribution in [0.4, 0.5) is 0 Å². The summed E-state index contributed by atoms with van der Waals surface area (Å²) in [4.78, 5) is 28.2. The second-order valence-electron chi connectivity index (χ2n) is 7.22. The highest BCUT2D eigenvalue weighted by Crippen LogP contribution is 2.22. The normalized spacial score (nSPS) is 11.1. The molecule has 0 bridgehead atoms. The Morgan fingerprint density at radius 1 is 1.20 bits per heavy atom. The summed E-state index contributed by atoms with van der Waals surface area (Å²) < 4.78 is 12.8. The Bertz CT molecular complexity index is 1270. The number of nitrogens with zero attached hydrogens (tertiary/aromatic N) is 2. The van der Waals surface area contributed by atoms with E-state index in [1.165, 1.54) is 6.07 Å². The minimum Gasteiger partial charge on any atom is -0.484 e. The number of hydrogen-bond acceptors (Lipinski definition) is 5.